The van der Waals surface area contributed by atoms with Gasteiger partial charge < -0.3 is 10.5 Å². The monoisotopic (exact) mass is 237 g/mol. The number of carbonyl (C=O) groups is 1. The maximum absolute atomic E-state index is 11.6. The summed E-state index contributed by atoms with van der Waals surface area (Å²) in [6.45, 7) is 3.83. The molecule has 1 amide bonds. The Balaban J connectivity index is 3.06. The Morgan fingerprint density at radius 2 is 2.00 bits per heavy atom. The molecule has 1 unspecified atom stereocenters. The molecule has 1 atom stereocenters. The van der Waals surface area contributed by atoms with E-state index in [4.69, 9.17) is 10.5 Å². The highest BCUT2D eigenvalue weighted by molar-refractivity contribution is 5.83. The minimum Gasteiger partial charge on any atom is -0.496 e. The summed E-state index contributed by atoms with van der Waals surface area (Å²) < 4.78 is 5.21. The van der Waals surface area contributed by atoms with E-state index in [-0.39, 0.29) is 5.91 Å². The molecule has 4 N–H and O–H groups in total. The summed E-state index contributed by atoms with van der Waals surface area (Å²) >= 11 is 0. The standard InChI is InChI=1S/C12H19N3O2/c1-7-6-10(17-4)8(2)5-9(7)11(13)12(16)15-14-3/h5-6,11,14H,13H2,1-4H3,(H,15,16). The normalized spacial score (nSPS) is 12.1. The van der Waals surface area contributed by atoms with Gasteiger partial charge in [0.15, 0.2) is 0 Å². The fourth-order valence-electron chi connectivity index (χ4n) is 1.71. The molecule has 1 aromatic rings. The molecule has 1 aromatic carbocycles. The largest absolute Gasteiger partial charge is 0.496 e. The first kappa shape index (κ1) is 13.5. The van der Waals surface area contributed by atoms with Crippen LogP contribution in [0.25, 0.3) is 0 Å². The average molecular weight is 237 g/mol. The zero-order chi connectivity index (χ0) is 13.0. The van der Waals surface area contributed by atoms with E-state index in [1.807, 2.05) is 26.0 Å². The van der Waals surface area contributed by atoms with E-state index in [0.29, 0.717) is 0 Å². The number of carbonyl (C=O) groups excluding carboxylic acids is 1. The Hall–Kier alpha value is -1.59. The number of amides is 1. The SMILES string of the molecule is CNNC(=O)C(N)c1cc(C)c(OC)cc1C. The Bertz CT molecular complexity index is 418. The summed E-state index contributed by atoms with van der Waals surface area (Å²) in [5.74, 6) is 0.535. The van der Waals surface area contributed by atoms with E-state index >= 15 is 0 Å². The van der Waals surface area contributed by atoms with Crippen LogP contribution in [0.1, 0.15) is 22.7 Å². The van der Waals surface area contributed by atoms with Crippen LogP contribution < -0.4 is 21.3 Å². The summed E-state index contributed by atoms with van der Waals surface area (Å²) in [6, 6.07) is 3.08. The van der Waals surface area contributed by atoms with E-state index in [1.165, 1.54) is 0 Å². The van der Waals surface area contributed by atoms with Crippen molar-refractivity contribution in [2.75, 3.05) is 14.2 Å². The fraction of sp³-hybridized carbons (Fsp3) is 0.417. The lowest BCUT2D eigenvalue weighted by Crippen LogP contribution is -2.41. The number of benzene rings is 1. The summed E-state index contributed by atoms with van der Waals surface area (Å²) in [6.07, 6.45) is 0. The molecule has 0 aliphatic carbocycles. The minimum atomic E-state index is -0.688. The Morgan fingerprint density at radius 3 is 2.53 bits per heavy atom. The van der Waals surface area contributed by atoms with Crippen molar-refractivity contribution in [1.29, 1.82) is 0 Å². The number of nitrogens with two attached hydrogens (primary N) is 1. The number of hydrogen-bond donors (Lipinski definition) is 3. The molecule has 0 saturated heterocycles. The van der Waals surface area contributed by atoms with Gasteiger partial charge in [0.05, 0.1) is 7.11 Å². The molecular formula is C12H19N3O2. The van der Waals surface area contributed by atoms with Gasteiger partial charge in [-0.15, -0.1) is 0 Å². The quantitative estimate of drug-likeness (QED) is 0.669. The fourth-order valence-corrected chi connectivity index (χ4v) is 1.71. The summed E-state index contributed by atoms with van der Waals surface area (Å²) in [5, 5.41) is 0. The predicted octanol–water partition coefficient (Wildman–Crippen LogP) is 0.562. The van der Waals surface area contributed by atoms with Crippen molar-refractivity contribution in [3.63, 3.8) is 0 Å². The average Bonchev–Trinajstić information content (AvgIpc) is 2.31. The van der Waals surface area contributed by atoms with Crippen molar-refractivity contribution >= 4 is 5.91 Å². The van der Waals surface area contributed by atoms with Crippen molar-refractivity contribution in [3.05, 3.63) is 28.8 Å². The van der Waals surface area contributed by atoms with E-state index < -0.39 is 6.04 Å². The van der Waals surface area contributed by atoms with Gasteiger partial charge in [-0.3, -0.25) is 10.2 Å². The third-order valence-electron chi connectivity index (χ3n) is 2.65. The molecule has 1 rings (SSSR count). The topological polar surface area (TPSA) is 76.4 Å². The lowest BCUT2D eigenvalue weighted by atomic mass is 9.98. The molecule has 0 aliphatic rings. The number of nitrogens with one attached hydrogen (secondary N) is 2. The molecule has 94 valence electrons. The number of aryl methyl sites for hydroxylation is 2. The highest BCUT2D eigenvalue weighted by atomic mass is 16.5. The van der Waals surface area contributed by atoms with Crippen molar-refractivity contribution < 1.29 is 9.53 Å². The maximum Gasteiger partial charge on any atom is 0.255 e. The van der Waals surface area contributed by atoms with Crippen LogP contribution in [0.3, 0.4) is 0 Å². The number of rotatable bonds is 4. The highest BCUT2D eigenvalue weighted by Crippen LogP contribution is 2.25. The first-order valence-corrected chi connectivity index (χ1v) is 5.38. The van der Waals surface area contributed by atoms with Crippen molar-refractivity contribution in [2.45, 2.75) is 19.9 Å². The van der Waals surface area contributed by atoms with Gasteiger partial charge in [0, 0.05) is 7.05 Å². The molecule has 0 fully saturated rings. The van der Waals surface area contributed by atoms with Gasteiger partial charge in [-0.05, 0) is 36.6 Å². The zero-order valence-corrected chi connectivity index (χ0v) is 10.6. The molecule has 0 radical (unpaired) electrons. The van der Waals surface area contributed by atoms with E-state index in [2.05, 4.69) is 10.9 Å². The number of hydrogen-bond acceptors (Lipinski definition) is 4. The van der Waals surface area contributed by atoms with Gasteiger partial charge in [0.25, 0.3) is 5.91 Å². The molecule has 5 nitrogen and oxygen atoms in total. The van der Waals surface area contributed by atoms with E-state index in [9.17, 15) is 4.79 Å². The molecule has 0 saturated carbocycles. The van der Waals surface area contributed by atoms with Gasteiger partial charge in [0.2, 0.25) is 0 Å². The molecule has 0 spiro atoms. The minimum absolute atomic E-state index is 0.264. The van der Waals surface area contributed by atoms with Gasteiger partial charge in [-0.1, -0.05) is 6.07 Å². The Morgan fingerprint density at radius 1 is 1.35 bits per heavy atom. The van der Waals surface area contributed by atoms with Gasteiger partial charge >= 0.3 is 0 Å². The third-order valence-corrected chi connectivity index (χ3v) is 2.65. The van der Waals surface area contributed by atoms with Crippen LogP contribution in [0.4, 0.5) is 0 Å². The molecule has 5 heteroatoms. The lowest BCUT2D eigenvalue weighted by Gasteiger charge is -2.16. The third kappa shape index (κ3) is 2.95. The summed E-state index contributed by atoms with van der Waals surface area (Å²) in [4.78, 5) is 11.6. The second-order valence-corrected chi connectivity index (χ2v) is 3.90. The van der Waals surface area contributed by atoms with Crippen LogP contribution in [0.2, 0.25) is 0 Å². The maximum atomic E-state index is 11.6. The molecular weight excluding hydrogens is 218 g/mol. The predicted molar refractivity (Wildman–Crippen MR) is 66.6 cm³/mol. The lowest BCUT2D eigenvalue weighted by molar-refractivity contribution is -0.123. The van der Waals surface area contributed by atoms with Crippen molar-refractivity contribution in [2.24, 2.45) is 5.73 Å². The zero-order valence-electron chi connectivity index (χ0n) is 10.6. The van der Waals surface area contributed by atoms with Gasteiger partial charge in [-0.2, -0.15) is 0 Å². The van der Waals surface area contributed by atoms with Crippen molar-refractivity contribution in [3.8, 4) is 5.75 Å². The molecule has 0 aliphatic heterocycles. The van der Waals surface area contributed by atoms with Crippen LogP contribution >= 0.6 is 0 Å². The second-order valence-electron chi connectivity index (χ2n) is 3.90. The van der Waals surface area contributed by atoms with Crippen LogP contribution in [0.5, 0.6) is 5.75 Å². The van der Waals surface area contributed by atoms with Crippen LogP contribution in [0, 0.1) is 13.8 Å². The second kappa shape index (κ2) is 5.65. The summed E-state index contributed by atoms with van der Waals surface area (Å²) in [7, 11) is 3.24. The molecule has 17 heavy (non-hydrogen) atoms. The Labute approximate surface area is 101 Å². The van der Waals surface area contributed by atoms with Crippen LogP contribution in [-0.4, -0.2) is 20.1 Å². The first-order valence-electron chi connectivity index (χ1n) is 5.38. The summed E-state index contributed by atoms with van der Waals surface area (Å²) in [5.41, 5.74) is 13.6. The van der Waals surface area contributed by atoms with E-state index in [0.717, 1.165) is 22.4 Å². The highest BCUT2D eigenvalue weighted by Gasteiger charge is 2.18. The molecule has 0 aromatic heterocycles. The number of hydrazine groups is 1. The number of ether oxygens (including phenoxy) is 1. The molecule has 0 heterocycles. The number of methoxy groups -OCH3 is 1. The Kier molecular flexibility index (Phi) is 4.48. The van der Waals surface area contributed by atoms with Crippen LogP contribution in [0.15, 0.2) is 12.1 Å². The first-order chi connectivity index (χ1) is 8.01. The van der Waals surface area contributed by atoms with Crippen LogP contribution in [-0.2, 0) is 4.79 Å². The van der Waals surface area contributed by atoms with E-state index in [1.54, 1.807) is 14.2 Å². The van der Waals surface area contributed by atoms with Crippen molar-refractivity contribution in [1.82, 2.24) is 10.9 Å². The molecule has 0 bridgehead atoms. The smallest absolute Gasteiger partial charge is 0.255 e. The van der Waals surface area contributed by atoms with Gasteiger partial charge in [-0.25, -0.2) is 5.43 Å². The van der Waals surface area contributed by atoms with Gasteiger partial charge in [0.1, 0.15) is 11.8 Å².